The highest BCUT2D eigenvalue weighted by molar-refractivity contribution is 5.93. The number of aryl methyl sites for hydroxylation is 3. The molecule has 0 spiro atoms. The maximum Gasteiger partial charge on any atom is 0.329 e. The standard InChI is InChI=1S/C22H25N3O4/c1-3-13-24-18-10-6-7-11-19(18)25(22(24)28)14-12-21(27)29-15-20(26)23-17-9-5-4-8-16(17)2/h4-11H,3,12-15H2,1-2H3,(H,23,26). The lowest BCUT2D eigenvalue weighted by Crippen LogP contribution is -2.26. The third-order valence-corrected chi connectivity index (χ3v) is 4.70. The first kappa shape index (κ1) is 20.4. The van der Waals surface area contributed by atoms with E-state index in [-0.39, 0.29) is 25.3 Å². The molecule has 3 rings (SSSR count). The molecule has 1 amide bonds. The summed E-state index contributed by atoms with van der Waals surface area (Å²) in [6, 6.07) is 14.9. The molecular formula is C22H25N3O4. The van der Waals surface area contributed by atoms with Gasteiger partial charge in [0.15, 0.2) is 6.61 Å². The number of nitrogens with zero attached hydrogens (tertiary/aromatic N) is 2. The zero-order valence-electron chi connectivity index (χ0n) is 16.7. The number of fused-ring (bicyclic) bond motifs is 1. The van der Waals surface area contributed by atoms with E-state index in [1.807, 2.05) is 56.3 Å². The van der Waals surface area contributed by atoms with E-state index in [2.05, 4.69) is 5.32 Å². The summed E-state index contributed by atoms with van der Waals surface area (Å²) in [5.74, 6) is -0.923. The number of esters is 1. The summed E-state index contributed by atoms with van der Waals surface area (Å²) in [6.45, 7) is 4.36. The Hall–Kier alpha value is -3.35. The van der Waals surface area contributed by atoms with Crippen molar-refractivity contribution in [3.63, 3.8) is 0 Å². The van der Waals surface area contributed by atoms with Crippen molar-refractivity contribution in [3.8, 4) is 0 Å². The van der Waals surface area contributed by atoms with Crippen molar-refractivity contribution in [2.24, 2.45) is 0 Å². The molecule has 29 heavy (non-hydrogen) atoms. The molecule has 0 radical (unpaired) electrons. The van der Waals surface area contributed by atoms with Crippen LogP contribution in [0.4, 0.5) is 5.69 Å². The summed E-state index contributed by atoms with van der Waals surface area (Å²) in [5, 5.41) is 2.72. The number of aromatic nitrogens is 2. The molecule has 0 atom stereocenters. The highest BCUT2D eigenvalue weighted by Crippen LogP contribution is 2.14. The van der Waals surface area contributed by atoms with Crippen LogP contribution in [0.15, 0.2) is 53.3 Å². The number of para-hydroxylation sites is 3. The Balaban J connectivity index is 1.58. The van der Waals surface area contributed by atoms with Crippen LogP contribution in [0.3, 0.4) is 0 Å². The number of nitrogens with one attached hydrogen (secondary N) is 1. The lowest BCUT2D eigenvalue weighted by Gasteiger charge is -2.09. The molecule has 152 valence electrons. The number of hydrogen-bond donors (Lipinski definition) is 1. The van der Waals surface area contributed by atoms with Crippen molar-refractivity contribution in [1.29, 1.82) is 0 Å². The van der Waals surface area contributed by atoms with Crippen LogP contribution in [0.2, 0.25) is 0 Å². The van der Waals surface area contributed by atoms with Gasteiger partial charge >= 0.3 is 11.7 Å². The summed E-state index contributed by atoms with van der Waals surface area (Å²) >= 11 is 0. The molecule has 0 saturated heterocycles. The van der Waals surface area contributed by atoms with Crippen LogP contribution in [-0.4, -0.2) is 27.6 Å². The number of rotatable bonds is 8. The highest BCUT2D eigenvalue weighted by Gasteiger charge is 2.14. The van der Waals surface area contributed by atoms with Gasteiger partial charge in [0.1, 0.15) is 0 Å². The second-order valence-corrected chi connectivity index (χ2v) is 6.85. The van der Waals surface area contributed by atoms with E-state index in [1.54, 1.807) is 15.2 Å². The smallest absolute Gasteiger partial charge is 0.329 e. The minimum atomic E-state index is -0.524. The quantitative estimate of drug-likeness (QED) is 0.594. The van der Waals surface area contributed by atoms with E-state index < -0.39 is 11.9 Å². The fourth-order valence-corrected chi connectivity index (χ4v) is 3.25. The van der Waals surface area contributed by atoms with E-state index in [1.165, 1.54) is 0 Å². The fraction of sp³-hybridized carbons (Fsp3) is 0.318. The number of ether oxygens (including phenoxy) is 1. The molecule has 0 aliphatic rings. The molecule has 0 saturated carbocycles. The van der Waals surface area contributed by atoms with Gasteiger partial charge in [-0.3, -0.25) is 18.7 Å². The van der Waals surface area contributed by atoms with Gasteiger partial charge in [-0.1, -0.05) is 37.3 Å². The second kappa shape index (κ2) is 9.23. The number of amides is 1. The monoisotopic (exact) mass is 395 g/mol. The SMILES string of the molecule is CCCn1c(=O)n(CCC(=O)OCC(=O)Nc2ccccc2C)c2ccccc21. The third-order valence-electron chi connectivity index (χ3n) is 4.70. The molecule has 0 bridgehead atoms. The Morgan fingerprint density at radius 1 is 0.966 bits per heavy atom. The first-order valence-electron chi connectivity index (χ1n) is 9.70. The molecule has 1 heterocycles. The summed E-state index contributed by atoms with van der Waals surface area (Å²) < 4.78 is 8.37. The minimum Gasteiger partial charge on any atom is -0.456 e. The summed E-state index contributed by atoms with van der Waals surface area (Å²) in [7, 11) is 0. The van der Waals surface area contributed by atoms with Gasteiger partial charge in [-0.2, -0.15) is 0 Å². The van der Waals surface area contributed by atoms with Crippen molar-refractivity contribution in [2.45, 2.75) is 39.8 Å². The molecule has 7 heteroatoms. The molecular weight excluding hydrogens is 370 g/mol. The third kappa shape index (κ3) is 4.74. The number of carbonyl (C=O) groups excluding carboxylic acids is 2. The molecule has 3 aromatic rings. The number of benzene rings is 2. The van der Waals surface area contributed by atoms with Gasteiger partial charge in [0.05, 0.1) is 17.5 Å². The Labute approximate surface area is 168 Å². The number of carbonyl (C=O) groups is 2. The van der Waals surface area contributed by atoms with Gasteiger partial charge < -0.3 is 10.1 Å². The first-order chi connectivity index (χ1) is 14.0. The Morgan fingerprint density at radius 3 is 2.24 bits per heavy atom. The predicted octanol–water partition coefficient (Wildman–Crippen LogP) is 3.09. The largest absolute Gasteiger partial charge is 0.456 e. The van der Waals surface area contributed by atoms with E-state index in [4.69, 9.17) is 4.74 Å². The van der Waals surface area contributed by atoms with Crippen LogP contribution in [-0.2, 0) is 27.4 Å². The molecule has 0 aliphatic carbocycles. The number of hydrogen-bond acceptors (Lipinski definition) is 4. The van der Waals surface area contributed by atoms with Crippen LogP contribution in [0.1, 0.15) is 25.3 Å². The lowest BCUT2D eigenvalue weighted by molar-refractivity contribution is -0.147. The van der Waals surface area contributed by atoms with Crippen molar-refractivity contribution >= 4 is 28.6 Å². The minimum absolute atomic E-state index is 0.0116. The zero-order chi connectivity index (χ0) is 20.8. The van der Waals surface area contributed by atoms with Crippen LogP contribution < -0.4 is 11.0 Å². The molecule has 7 nitrogen and oxygen atoms in total. The topological polar surface area (TPSA) is 82.3 Å². The fourth-order valence-electron chi connectivity index (χ4n) is 3.25. The van der Waals surface area contributed by atoms with Gasteiger partial charge in [-0.15, -0.1) is 0 Å². The van der Waals surface area contributed by atoms with E-state index in [0.717, 1.165) is 23.0 Å². The zero-order valence-corrected chi connectivity index (χ0v) is 16.7. The molecule has 0 aliphatic heterocycles. The maximum absolute atomic E-state index is 12.7. The van der Waals surface area contributed by atoms with Crippen molar-refractivity contribution in [3.05, 3.63) is 64.6 Å². The Bertz CT molecular complexity index is 1080. The van der Waals surface area contributed by atoms with Gasteiger partial charge in [-0.25, -0.2) is 4.79 Å². The van der Waals surface area contributed by atoms with Crippen LogP contribution in [0.5, 0.6) is 0 Å². The summed E-state index contributed by atoms with van der Waals surface area (Å²) in [5.41, 5.74) is 3.11. The highest BCUT2D eigenvalue weighted by atomic mass is 16.5. The van der Waals surface area contributed by atoms with E-state index in [0.29, 0.717) is 12.2 Å². The lowest BCUT2D eigenvalue weighted by atomic mass is 10.2. The summed E-state index contributed by atoms with van der Waals surface area (Å²) in [6.07, 6.45) is 0.851. The molecule has 0 fully saturated rings. The van der Waals surface area contributed by atoms with Crippen molar-refractivity contribution in [1.82, 2.24) is 9.13 Å². The van der Waals surface area contributed by atoms with Crippen LogP contribution in [0.25, 0.3) is 11.0 Å². The van der Waals surface area contributed by atoms with Gasteiger partial charge in [0.2, 0.25) is 0 Å². The molecule has 2 aromatic carbocycles. The van der Waals surface area contributed by atoms with Gasteiger partial charge in [0, 0.05) is 18.8 Å². The second-order valence-electron chi connectivity index (χ2n) is 6.85. The number of anilines is 1. The molecule has 1 aromatic heterocycles. The Kier molecular flexibility index (Phi) is 6.49. The predicted molar refractivity (Wildman–Crippen MR) is 112 cm³/mol. The van der Waals surface area contributed by atoms with E-state index >= 15 is 0 Å². The van der Waals surface area contributed by atoms with Gasteiger partial charge in [0.25, 0.3) is 5.91 Å². The normalized spacial score (nSPS) is 10.8. The maximum atomic E-state index is 12.7. The Morgan fingerprint density at radius 2 is 1.59 bits per heavy atom. The van der Waals surface area contributed by atoms with Crippen LogP contribution >= 0.6 is 0 Å². The molecule has 0 unspecified atom stereocenters. The first-order valence-corrected chi connectivity index (χ1v) is 9.70. The number of imidazole rings is 1. The van der Waals surface area contributed by atoms with Crippen molar-refractivity contribution < 1.29 is 14.3 Å². The summed E-state index contributed by atoms with van der Waals surface area (Å²) in [4.78, 5) is 36.8. The average molecular weight is 395 g/mol. The van der Waals surface area contributed by atoms with Gasteiger partial charge in [-0.05, 0) is 37.1 Å². The average Bonchev–Trinajstić information content (AvgIpc) is 2.98. The van der Waals surface area contributed by atoms with E-state index in [9.17, 15) is 14.4 Å². The van der Waals surface area contributed by atoms with Crippen LogP contribution in [0, 0.1) is 6.92 Å². The van der Waals surface area contributed by atoms with Crippen molar-refractivity contribution in [2.75, 3.05) is 11.9 Å². The molecule has 1 N–H and O–H groups in total.